The summed E-state index contributed by atoms with van der Waals surface area (Å²) in [5.41, 5.74) is 7.28. The largest absolute Gasteiger partial charge is 0.339 e. The van der Waals surface area contributed by atoms with Crippen molar-refractivity contribution in [3.63, 3.8) is 0 Å². The highest BCUT2D eigenvalue weighted by Crippen LogP contribution is 2.29. The van der Waals surface area contributed by atoms with Crippen LogP contribution in [0.4, 0.5) is 0 Å². The molecule has 2 aliphatic rings. The number of nitrogens with zero attached hydrogens (tertiary/aromatic N) is 1. The third-order valence-electron chi connectivity index (χ3n) is 5.00. The lowest BCUT2D eigenvalue weighted by Gasteiger charge is -2.39. The van der Waals surface area contributed by atoms with Crippen LogP contribution in [-0.4, -0.2) is 29.9 Å². The molecule has 0 aromatic heterocycles. The summed E-state index contributed by atoms with van der Waals surface area (Å²) < 4.78 is 0. The van der Waals surface area contributed by atoms with E-state index in [1.807, 2.05) is 0 Å². The van der Waals surface area contributed by atoms with E-state index in [9.17, 15) is 4.79 Å². The lowest BCUT2D eigenvalue weighted by atomic mass is 9.83. The van der Waals surface area contributed by atoms with Gasteiger partial charge in [0, 0.05) is 19.0 Å². The van der Waals surface area contributed by atoms with E-state index < -0.39 is 0 Å². The molecule has 3 heteroatoms. The fourth-order valence-corrected chi connectivity index (χ4v) is 3.83. The fourth-order valence-electron chi connectivity index (χ4n) is 3.83. The van der Waals surface area contributed by atoms with Crippen molar-refractivity contribution in [2.24, 2.45) is 11.7 Å². The predicted octanol–water partition coefficient (Wildman–Crippen LogP) is 3.24. The zero-order valence-electron chi connectivity index (χ0n) is 12.9. The topological polar surface area (TPSA) is 46.3 Å². The Kier molecular flexibility index (Phi) is 6.08. The third kappa shape index (κ3) is 3.85. The molecule has 0 saturated heterocycles. The maximum atomic E-state index is 12.6. The van der Waals surface area contributed by atoms with E-state index in [-0.39, 0.29) is 0 Å². The number of amides is 1. The Morgan fingerprint density at radius 1 is 1.30 bits per heavy atom. The van der Waals surface area contributed by atoms with Crippen LogP contribution in [0.3, 0.4) is 0 Å². The van der Waals surface area contributed by atoms with Gasteiger partial charge in [-0.3, -0.25) is 4.79 Å². The van der Waals surface area contributed by atoms with Crippen LogP contribution in [0, 0.1) is 5.92 Å². The average molecular weight is 278 g/mol. The fraction of sp³-hybridized carbons (Fsp3) is 0.824. The molecule has 3 nitrogen and oxygen atoms in total. The van der Waals surface area contributed by atoms with Gasteiger partial charge in [-0.25, -0.2) is 0 Å². The van der Waals surface area contributed by atoms with E-state index in [1.165, 1.54) is 37.7 Å². The average Bonchev–Trinajstić information content (AvgIpc) is 2.49. The molecule has 1 saturated carbocycles. The standard InChI is InChI=1S/C17H30N2O/c1-2-19(16-11-7-6-10-15(16)13-18)17(20)12-14-8-4-3-5-9-14/h8,15-16H,2-7,9-13,18H2,1H3. The molecule has 0 bridgehead atoms. The van der Waals surface area contributed by atoms with Crippen molar-refractivity contribution in [1.82, 2.24) is 4.90 Å². The summed E-state index contributed by atoms with van der Waals surface area (Å²) in [7, 11) is 0. The summed E-state index contributed by atoms with van der Waals surface area (Å²) in [6, 6.07) is 0.385. The first-order valence-corrected chi connectivity index (χ1v) is 8.43. The summed E-state index contributed by atoms with van der Waals surface area (Å²) in [6.07, 6.45) is 12.6. The van der Waals surface area contributed by atoms with Gasteiger partial charge in [0.1, 0.15) is 0 Å². The monoisotopic (exact) mass is 278 g/mol. The Morgan fingerprint density at radius 2 is 2.10 bits per heavy atom. The highest BCUT2D eigenvalue weighted by molar-refractivity contribution is 5.79. The first kappa shape index (κ1) is 15.6. The van der Waals surface area contributed by atoms with Crippen molar-refractivity contribution in [2.75, 3.05) is 13.1 Å². The maximum absolute atomic E-state index is 12.6. The molecule has 0 spiro atoms. The number of hydrogen-bond donors (Lipinski definition) is 1. The van der Waals surface area contributed by atoms with Crippen LogP contribution >= 0.6 is 0 Å². The van der Waals surface area contributed by atoms with Crippen LogP contribution in [0.1, 0.15) is 64.7 Å². The van der Waals surface area contributed by atoms with Crippen LogP contribution in [0.2, 0.25) is 0 Å². The Bertz CT molecular complexity index is 351. The second-order valence-electron chi connectivity index (χ2n) is 6.31. The van der Waals surface area contributed by atoms with Gasteiger partial charge in [0.25, 0.3) is 0 Å². The molecule has 0 aromatic carbocycles. The molecule has 20 heavy (non-hydrogen) atoms. The van der Waals surface area contributed by atoms with Crippen molar-refractivity contribution >= 4 is 5.91 Å². The van der Waals surface area contributed by atoms with E-state index >= 15 is 0 Å². The van der Waals surface area contributed by atoms with Crippen LogP contribution in [0.5, 0.6) is 0 Å². The summed E-state index contributed by atoms with van der Waals surface area (Å²) in [4.78, 5) is 14.8. The second kappa shape index (κ2) is 7.82. The summed E-state index contributed by atoms with van der Waals surface area (Å²) in [6.45, 7) is 3.65. The molecule has 0 radical (unpaired) electrons. The number of hydrogen-bond acceptors (Lipinski definition) is 2. The summed E-state index contributed by atoms with van der Waals surface area (Å²) >= 11 is 0. The van der Waals surface area contributed by atoms with Gasteiger partial charge in [-0.15, -0.1) is 0 Å². The smallest absolute Gasteiger partial charge is 0.226 e. The molecular weight excluding hydrogens is 248 g/mol. The van der Waals surface area contributed by atoms with E-state index in [2.05, 4.69) is 17.9 Å². The van der Waals surface area contributed by atoms with Crippen LogP contribution < -0.4 is 5.73 Å². The van der Waals surface area contributed by atoms with Crippen LogP contribution in [-0.2, 0) is 4.79 Å². The number of nitrogens with two attached hydrogens (primary N) is 1. The maximum Gasteiger partial charge on any atom is 0.226 e. The van der Waals surface area contributed by atoms with Gasteiger partial charge in [0.15, 0.2) is 0 Å². The molecule has 2 N–H and O–H groups in total. The minimum absolute atomic E-state index is 0.325. The van der Waals surface area contributed by atoms with E-state index in [4.69, 9.17) is 5.73 Å². The van der Waals surface area contributed by atoms with Gasteiger partial charge in [0.2, 0.25) is 5.91 Å². The first-order chi connectivity index (χ1) is 9.76. The Balaban J connectivity index is 1.98. The first-order valence-electron chi connectivity index (χ1n) is 8.43. The van der Waals surface area contributed by atoms with Crippen molar-refractivity contribution in [3.8, 4) is 0 Å². The highest BCUT2D eigenvalue weighted by Gasteiger charge is 2.31. The SMILES string of the molecule is CCN(C(=O)CC1=CCCCC1)C1CCCCC1CN. The molecule has 1 fully saturated rings. The summed E-state index contributed by atoms with van der Waals surface area (Å²) in [5, 5.41) is 0. The molecule has 0 aliphatic heterocycles. The molecule has 0 aromatic rings. The van der Waals surface area contributed by atoms with E-state index in [0.29, 0.717) is 24.3 Å². The van der Waals surface area contributed by atoms with Crippen molar-refractivity contribution in [1.29, 1.82) is 0 Å². The molecule has 0 heterocycles. The van der Waals surface area contributed by atoms with E-state index in [0.717, 1.165) is 32.4 Å². The number of carbonyl (C=O) groups is 1. The Labute approximate surface area is 123 Å². The van der Waals surface area contributed by atoms with Crippen LogP contribution in [0.25, 0.3) is 0 Å². The zero-order valence-corrected chi connectivity index (χ0v) is 12.9. The number of allylic oxidation sites excluding steroid dienone is 1. The Morgan fingerprint density at radius 3 is 2.75 bits per heavy atom. The quantitative estimate of drug-likeness (QED) is 0.785. The molecule has 2 unspecified atom stereocenters. The lowest BCUT2D eigenvalue weighted by molar-refractivity contribution is -0.134. The van der Waals surface area contributed by atoms with Gasteiger partial charge in [-0.2, -0.15) is 0 Å². The minimum Gasteiger partial charge on any atom is -0.339 e. The predicted molar refractivity (Wildman–Crippen MR) is 83.4 cm³/mol. The summed E-state index contributed by atoms with van der Waals surface area (Å²) in [5.74, 6) is 0.832. The van der Waals surface area contributed by atoms with Crippen LogP contribution in [0.15, 0.2) is 11.6 Å². The lowest BCUT2D eigenvalue weighted by Crippen LogP contribution is -2.48. The number of rotatable bonds is 5. The van der Waals surface area contributed by atoms with E-state index in [1.54, 1.807) is 0 Å². The second-order valence-corrected chi connectivity index (χ2v) is 6.31. The molecule has 2 atom stereocenters. The van der Waals surface area contributed by atoms with Crippen molar-refractivity contribution in [3.05, 3.63) is 11.6 Å². The molecule has 1 amide bonds. The van der Waals surface area contributed by atoms with Gasteiger partial charge >= 0.3 is 0 Å². The van der Waals surface area contributed by atoms with Gasteiger partial charge in [0.05, 0.1) is 0 Å². The normalized spacial score (nSPS) is 27.0. The highest BCUT2D eigenvalue weighted by atomic mass is 16.2. The number of carbonyl (C=O) groups excluding carboxylic acids is 1. The minimum atomic E-state index is 0.325. The zero-order chi connectivity index (χ0) is 14.4. The molecule has 114 valence electrons. The Hall–Kier alpha value is -0.830. The van der Waals surface area contributed by atoms with Gasteiger partial charge < -0.3 is 10.6 Å². The van der Waals surface area contributed by atoms with Crippen molar-refractivity contribution < 1.29 is 4.79 Å². The van der Waals surface area contributed by atoms with Gasteiger partial charge in [-0.05, 0) is 57.9 Å². The van der Waals surface area contributed by atoms with Gasteiger partial charge in [-0.1, -0.05) is 24.5 Å². The van der Waals surface area contributed by atoms with Crippen molar-refractivity contribution in [2.45, 2.75) is 70.8 Å². The third-order valence-corrected chi connectivity index (χ3v) is 5.00. The molecular formula is C17H30N2O. The molecule has 2 aliphatic carbocycles. The molecule has 2 rings (SSSR count).